The van der Waals surface area contributed by atoms with E-state index in [0.717, 1.165) is 30.5 Å². The van der Waals surface area contributed by atoms with Crippen molar-refractivity contribution < 1.29 is 14.3 Å². The summed E-state index contributed by atoms with van der Waals surface area (Å²) >= 11 is 0. The number of aromatic nitrogens is 2. The molecule has 2 atom stereocenters. The largest absolute Gasteiger partial charge is 0.371 e. The third-order valence-corrected chi connectivity index (χ3v) is 5.34. The predicted octanol–water partition coefficient (Wildman–Crippen LogP) is 2.53. The Morgan fingerprint density at radius 3 is 3.04 bits per heavy atom. The van der Waals surface area contributed by atoms with Crippen LogP contribution in [-0.2, 0) is 17.8 Å². The van der Waals surface area contributed by atoms with Crippen LogP contribution in [0.25, 0.3) is 0 Å². The number of urea groups is 1. The van der Waals surface area contributed by atoms with Gasteiger partial charge in [-0.05, 0) is 31.9 Å². The first-order chi connectivity index (χ1) is 13.6. The highest BCUT2D eigenvalue weighted by Crippen LogP contribution is 2.30. The highest BCUT2D eigenvalue weighted by molar-refractivity contribution is 6.01. The summed E-state index contributed by atoms with van der Waals surface area (Å²) in [5.41, 5.74) is 3.14. The van der Waals surface area contributed by atoms with Crippen molar-refractivity contribution in [1.82, 2.24) is 20.0 Å². The molecule has 1 saturated heterocycles. The van der Waals surface area contributed by atoms with Crippen molar-refractivity contribution in [3.8, 4) is 0 Å². The molecule has 2 aliphatic rings. The van der Waals surface area contributed by atoms with Crippen LogP contribution in [0.4, 0.5) is 10.5 Å². The van der Waals surface area contributed by atoms with E-state index in [4.69, 9.17) is 4.74 Å². The zero-order valence-electron chi connectivity index (χ0n) is 16.1. The molecular formula is C20H25N5O3. The van der Waals surface area contributed by atoms with Gasteiger partial charge in [-0.25, -0.2) is 4.79 Å². The van der Waals surface area contributed by atoms with Crippen molar-refractivity contribution >= 4 is 17.6 Å². The number of hydrogen-bond donors (Lipinski definition) is 2. The molecule has 3 heterocycles. The molecule has 28 heavy (non-hydrogen) atoms. The minimum atomic E-state index is -0.293. The Labute approximate surface area is 163 Å². The highest BCUT2D eigenvalue weighted by Gasteiger charge is 2.31. The van der Waals surface area contributed by atoms with Crippen molar-refractivity contribution in [1.29, 1.82) is 0 Å². The quantitative estimate of drug-likeness (QED) is 0.849. The third-order valence-electron chi connectivity index (χ3n) is 5.34. The molecule has 0 aliphatic carbocycles. The lowest BCUT2D eigenvalue weighted by molar-refractivity contribution is -0.00701. The van der Waals surface area contributed by atoms with Crippen molar-refractivity contribution in [3.05, 3.63) is 47.3 Å². The third kappa shape index (κ3) is 3.47. The summed E-state index contributed by atoms with van der Waals surface area (Å²) in [4.78, 5) is 26.5. The Morgan fingerprint density at radius 2 is 2.25 bits per heavy atom. The van der Waals surface area contributed by atoms with E-state index in [1.165, 1.54) is 0 Å². The van der Waals surface area contributed by atoms with E-state index in [2.05, 4.69) is 15.7 Å². The maximum atomic E-state index is 12.7. The van der Waals surface area contributed by atoms with Crippen LogP contribution in [0, 0.1) is 0 Å². The van der Waals surface area contributed by atoms with Crippen molar-refractivity contribution in [2.24, 2.45) is 0 Å². The summed E-state index contributed by atoms with van der Waals surface area (Å²) in [7, 11) is 1.76. The molecule has 0 saturated carbocycles. The van der Waals surface area contributed by atoms with Crippen molar-refractivity contribution in [2.45, 2.75) is 45.0 Å². The Morgan fingerprint density at radius 1 is 1.39 bits per heavy atom. The molecule has 1 aromatic heterocycles. The number of nitrogens with zero attached hydrogens (tertiary/aromatic N) is 3. The number of nitrogens with one attached hydrogen (secondary N) is 2. The van der Waals surface area contributed by atoms with Gasteiger partial charge in [0.05, 0.1) is 12.2 Å². The molecule has 0 radical (unpaired) electrons. The molecule has 0 spiro atoms. The summed E-state index contributed by atoms with van der Waals surface area (Å²) in [6.45, 7) is 3.98. The average Bonchev–Trinajstić information content (AvgIpc) is 3.28. The van der Waals surface area contributed by atoms with E-state index in [0.29, 0.717) is 24.4 Å². The Hall–Kier alpha value is -2.87. The van der Waals surface area contributed by atoms with Crippen LogP contribution >= 0.6 is 0 Å². The van der Waals surface area contributed by atoms with Gasteiger partial charge < -0.3 is 20.3 Å². The molecule has 0 bridgehead atoms. The van der Waals surface area contributed by atoms with Crippen LogP contribution < -0.4 is 10.6 Å². The molecular weight excluding hydrogens is 358 g/mol. The van der Waals surface area contributed by atoms with E-state index >= 15 is 0 Å². The van der Waals surface area contributed by atoms with Crippen LogP contribution in [0.3, 0.4) is 0 Å². The summed E-state index contributed by atoms with van der Waals surface area (Å²) in [6.07, 6.45) is 5.28. The van der Waals surface area contributed by atoms with Gasteiger partial charge >= 0.3 is 6.03 Å². The van der Waals surface area contributed by atoms with E-state index in [9.17, 15) is 9.59 Å². The van der Waals surface area contributed by atoms with E-state index in [1.54, 1.807) is 30.3 Å². The number of ether oxygens (including phenoxy) is 1. The zero-order chi connectivity index (χ0) is 19.7. The molecule has 8 heteroatoms. The number of carbonyl (C=O) groups excluding carboxylic acids is 2. The molecule has 148 valence electrons. The van der Waals surface area contributed by atoms with E-state index < -0.39 is 0 Å². The predicted molar refractivity (Wildman–Crippen MR) is 104 cm³/mol. The molecule has 2 aromatic rings. The number of rotatable bonds is 4. The second-order valence-electron chi connectivity index (χ2n) is 7.26. The average molecular weight is 383 g/mol. The fraction of sp³-hybridized carbons (Fsp3) is 0.450. The Kier molecular flexibility index (Phi) is 5.04. The molecule has 2 aliphatic heterocycles. The summed E-state index contributed by atoms with van der Waals surface area (Å²) in [5, 5.41) is 10.3. The van der Waals surface area contributed by atoms with Gasteiger partial charge in [0.15, 0.2) is 0 Å². The van der Waals surface area contributed by atoms with Gasteiger partial charge in [-0.2, -0.15) is 5.10 Å². The van der Waals surface area contributed by atoms with Gasteiger partial charge in [-0.15, -0.1) is 0 Å². The summed E-state index contributed by atoms with van der Waals surface area (Å²) in [5.74, 6) is -0.0206. The van der Waals surface area contributed by atoms with Crippen molar-refractivity contribution in [3.63, 3.8) is 0 Å². The first kappa shape index (κ1) is 18.5. The molecule has 1 aromatic carbocycles. The van der Waals surface area contributed by atoms with Crippen LogP contribution in [-0.4, -0.2) is 46.3 Å². The standard InChI is InChI=1S/C20H25N5O3/c1-3-25-11-13(10-21-25)18-17(8-5-9-28-18)23-20(27)22-16-7-4-6-14-15(16)12-24(2)19(14)26/h4,6-7,10-11,17-18H,3,5,8-9,12H2,1-2H3,(H2,22,23,27)/t17-,18+/m0/s1. The minimum absolute atomic E-state index is 0.0206. The number of fused-ring (bicyclic) bond motifs is 1. The second kappa shape index (κ2) is 7.63. The van der Waals surface area contributed by atoms with Gasteiger partial charge in [0.25, 0.3) is 5.91 Å². The maximum Gasteiger partial charge on any atom is 0.319 e. The Balaban J connectivity index is 1.47. The summed E-state index contributed by atoms with van der Waals surface area (Å²) < 4.78 is 7.79. The molecule has 0 unspecified atom stereocenters. The van der Waals surface area contributed by atoms with Gasteiger partial charge in [0.2, 0.25) is 0 Å². The molecule has 2 N–H and O–H groups in total. The fourth-order valence-corrected chi connectivity index (χ4v) is 3.87. The lowest BCUT2D eigenvalue weighted by atomic mass is 9.98. The minimum Gasteiger partial charge on any atom is -0.371 e. The monoisotopic (exact) mass is 383 g/mol. The molecule has 4 rings (SSSR count). The second-order valence-corrected chi connectivity index (χ2v) is 7.26. The molecule has 3 amide bonds. The molecule has 8 nitrogen and oxygen atoms in total. The smallest absolute Gasteiger partial charge is 0.319 e. The van der Waals surface area contributed by atoms with Crippen LogP contribution in [0.1, 0.15) is 47.4 Å². The summed E-state index contributed by atoms with van der Waals surface area (Å²) in [6, 6.07) is 4.98. The first-order valence-electron chi connectivity index (χ1n) is 9.65. The van der Waals surface area contributed by atoms with E-state index in [-0.39, 0.29) is 24.1 Å². The zero-order valence-corrected chi connectivity index (χ0v) is 16.1. The van der Waals surface area contributed by atoms with Crippen molar-refractivity contribution in [2.75, 3.05) is 19.0 Å². The lowest BCUT2D eigenvalue weighted by Crippen LogP contribution is -2.44. The van der Waals surface area contributed by atoms with Crippen LogP contribution in [0.15, 0.2) is 30.6 Å². The number of benzene rings is 1. The SMILES string of the molecule is CCn1cc([C@H]2OCCC[C@@H]2NC(=O)Nc2cccc3c2CN(C)C3=O)cn1. The van der Waals surface area contributed by atoms with Gasteiger partial charge in [0, 0.05) is 55.3 Å². The van der Waals surface area contributed by atoms with E-state index in [1.807, 2.05) is 23.9 Å². The maximum absolute atomic E-state index is 12.7. The highest BCUT2D eigenvalue weighted by atomic mass is 16.5. The van der Waals surface area contributed by atoms with Gasteiger partial charge in [-0.1, -0.05) is 6.07 Å². The number of aryl methyl sites for hydroxylation is 1. The number of carbonyl (C=O) groups is 2. The topological polar surface area (TPSA) is 88.5 Å². The number of amides is 3. The molecule has 1 fully saturated rings. The van der Waals surface area contributed by atoms with Gasteiger partial charge in [-0.3, -0.25) is 9.48 Å². The normalized spacial score (nSPS) is 21.5. The van der Waals surface area contributed by atoms with Gasteiger partial charge in [0.1, 0.15) is 6.10 Å². The lowest BCUT2D eigenvalue weighted by Gasteiger charge is -2.31. The number of anilines is 1. The fourth-order valence-electron chi connectivity index (χ4n) is 3.87. The Bertz CT molecular complexity index is 894. The number of hydrogen-bond acceptors (Lipinski definition) is 4. The van der Waals surface area contributed by atoms with Crippen LogP contribution in [0.5, 0.6) is 0 Å². The first-order valence-corrected chi connectivity index (χ1v) is 9.65. The van der Waals surface area contributed by atoms with Crippen LogP contribution in [0.2, 0.25) is 0 Å².